The Balaban J connectivity index is 1.92. The third-order valence-corrected chi connectivity index (χ3v) is 6.64. The van der Waals surface area contributed by atoms with E-state index >= 15 is 0 Å². The Labute approximate surface area is 184 Å². The number of thioether (sulfide) groups is 1. The molecule has 0 aliphatic carbocycles. The first kappa shape index (κ1) is 23.6. The van der Waals surface area contributed by atoms with E-state index in [0.29, 0.717) is 41.5 Å². The molecule has 0 aromatic heterocycles. The third kappa shape index (κ3) is 6.39. The van der Waals surface area contributed by atoms with Crippen molar-refractivity contribution in [1.29, 1.82) is 0 Å². The van der Waals surface area contributed by atoms with E-state index in [1.165, 1.54) is 13.0 Å². The predicted molar refractivity (Wildman–Crippen MR) is 116 cm³/mol. The molecule has 1 aliphatic rings. The Bertz CT molecular complexity index is 808. The molecule has 2 N–H and O–H groups in total. The standard InChI is InChI=1S/C20H24Cl2N2O4S/c1-3-29-15-6-4-13(17(21)18(15)22)5-7-16(25)24-10-8-14(9-11-24)19(26)23-12(2)20(27)28/h4-7,12,14H,3,8-11H2,1-2H3,(H,23,26)(H,27,28)/b7-5+/t12-/m0/s1. The lowest BCUT2D eigenvalue weighted by Gasteiger charge is -2.31. The lowest BCUT2D eigenvalue weighted by atomic mass is 9.95. The number of likely N-dealkylation sites (tertiary alicyclic amines) is 1. The van der Waals surface area contributed by atoms with Crippen LogP contribution in [0.5, 0.6) is 0 Å². The first-order valence-electron chi connectivity index (χ1n) is 9.35. The van der Waals surface area contributed by atoms with Crippen molar-refractivity contribution in [2.75, 3.05) is 18.8 Å². The van der Waals surface area contributed by atoms with Crippen LogP contribution in [0, 0.1) is 5.92 Å². The molecular formula is C20H24Cl2N2O4S. The molecule has 1 fully saturated rings. The number of halogens is 2. The molecule has 0 radical (unpaired) electrons. The van der Waals surface area contributed by atoms with Gasteiger partial charge in [0.1, 0.15) is 6.04 Å². The van der Waals surface area contributed by atoms with Crippen molar-refractivity contribution in [3.8, 4) is 0 Å². The topological polar surface area (TPSA) is 86.7 Å². The number of hydrogen-bond acceptors (Lipinski definition) is 4. The van der Waals surface area contributed by atoms with Crippen LogP contribution in [0.3, 0.4) is 0 Å². The number of aliphatic carboxylic acids is 1. The summed E-state index contributed by atoms with van der Waals surface area (Å²) in [6, 6.07) is 2.79. The number of piperidine rings is 1. The molecule has 6 nitrogen and oxygen atoms in total. The summed E-state index contributed by atoms with van der Waals surface area (Å²) >= 11 is 14.2. The summed E-state index contributed by atoms with van der Waals surface area (Å²) in [5, 5.41) is 12.3. The number of nitrogens with zero attached hydrogens (tertiary/aromatic N) is 1. The van der Waals surface area contributed by atoms with Gasteiger partial charge in [0.25, 0.3) is 0 Å². The zero-order valence-corrected chi connectivity index (χ0v) is 18.6. The molecule has 9 heteroatoms. The Morgan fingerprint density at radius 1 is 1.28 bits per heavy atom. The van der Waals surface area contributed by atoms with Crippen LogP contribution in [0.4, 0.5) is 0 Å². The molecule has 0 bridgehead atoms. The van der Waals surface area contributed by atoms with Gasteiger partial charge in [0.05, 0.1) is 10.0 Å². The number of carbonyl (C=O) groups excluding carboxylic acids is 2. The fraction of sp³-hybridized carbons (Fsp3) is 0.450. The quantitative estimate of drug-likeness (QED) is 0.477. The minimum absolute atomic E-state index is 0.165. The monoisotopic (exact) mass is 458 g/mol. The fourth-order valence-electron chi connectivity index (χ4n) is 2.96. The summed E-state index contributed by atoms with van der Waals surface area (Å²) in [6.45, 7) is 4.32. The van der Waals surface area contributed by atoms with Gasteiger partial charge in [-0.25, -0.2) is 0 Å². The van der Waals surface area contributed by atoms with Gasteiger partial charge in [0.2, 0.25) is 11.8 Å². The van der Waals surface area contributed by atoms with E-state index < -0.39 is 12.0 Å². The molecule has 1 saturated heterocycles. The molecular weight excluding hydrogens is 435 g/mol. The predicted octanol–water partition coefficient (Wildman–Crippen LogP) is 3.95. The number of carboxylic acid groups (broad SMARTS) is 1. The van der Waals surface area contributed by atoms with Crippen molar-refractivity contribution in [3.05, 3.63) is 33.8 Å². The maximum atomic E-state index is 12.5. The van der Waals surface area contributed by atoms with Gasteiger partial charge in [-0.05, 0) is 43.2 Å². The maximum absolute atomic E-state index is 12.5. The minimum Gasteiger partial charge on any atom is -0.480 e. The summed E-state index contributed by atoms with van der Waals surface area (Å²) in [6.07, 6.45) is 4.09. The SMILES string of the molecule is CCSc1ccc(/C=C/C(=O)N2CCC(C(=O)N[C@@H](C)C(=O)O)CC2)c(Cl)c1Cl. The summed E-state index contributed by atoms with van der Waals surface area (Å²) in [5.41, 5.74) is 0.669. The van der Waals surface area contributed by atoms with Crippen LogP contribution >= 0.6 is 35.0 Å². The van der Waals surface area contributed by atoms with E-state index in [0.717, 1.165) is 10.6 Å². The van der Waals surface area contributed by atoms with Crippen molar-refractivity contribution < 1.29 is 19.5 Å². The Kier molecular flexibility index (Phi) is 8.86. The number of benzene rings is 1. The van der Waals surface area contributed by atoms with E-state index in [2.05, 4.69) is 5.32 Å². The second kappa shape index (κ2) is 10.9. The van der Waals surface area contributed by atoms with Gasteiger partial charge < -0.3 is 15.3 Å². The molecule has 1 atom stereocenters. The third-order valence-electron chi connectivity index (χ3n) is 4.69. The van der Waals surface area contributed by atoms with Crippen molar-refractivity contribution in [2.45, 2.75) is 37.6 Å². The number of rotatable bonds is 7. The van der Waals surface area contributed by atoms with Crippen LogP contribution in [0.25, 0.3) is 6.08 Å². The summed E-state index contributed by atoms with van der Waals surface area (Å²) < 4.78 is 0. The number of nitrogens with one attached hydrogen (secondary N) is 1. The number of carboxylic acids is 1. The van der Waals surface area contributed by atoms with Crippen molar-refractivity contribution >= 4 is 58.8 Å². The van der Waals surface area contributed by atoms with Crippen molar-refractivity contribution in [3.63, 3.8) is 0 Å². The molecule has 1 aromatic carbocycles. The Morgan fingerprint density at radius 3 is 2.52 bits per heavy atom. The molecule has 158 valence electrons. The van der Waals surface area contributed by atoms with E-state index in [1.54, 1.807) is 22.7 Å². The molecule has 2 rings (SSSR count). The first-order chi connectivity index (χ1) is 13.7. The smallest absolute Gasteiger partial charge is 0.325 e. The zero-order valence-electron chi connectivity index (χ0n) is 16.3. The molecule has 29 heavy (non-hydrogen) atoms. The molecule has 1 aromatic rings. The van der Waals surface area contributed by atoms with E-state index in [9.17, 15) is 14.4 Å². The Hall–Kier alpha value is -1.70. The van der Waals surface area contributed by atoms with E-state index in [4.69, 9.17) is 28.3 Å². The van der Waals surface area contributed by atoms with Gasteiger partial charge >= 0.3 is 5.97 Å². The minimum atomic E-state index is -1.07. The van der Waals surface area contributed by atoms with Gasteiger partial charge in [-0.2, -0.15) is 0 Å². The number of hydrogen-bond donors (Lipinski definition) is 2. The van der Waals surface area contributed by atoms with Crippen LogP contribution < -0.4 is 5.32 Å². The lowest BCUT2D eigenvalue weighted by molar-refractivity contribution is -0.142. The highest BCUT2D eigenvalue weighted by Crippen LogP contribution is 2.35. The summed E-state index contributed by atoms with van der Waals surface area (Å²) in [4.78, 5) is 38.0. The van der Waals surface area contributed by atoms with Crippen LogP contribution in [-0.4, -0.2) is 52.7 Å². The maximum Gasteiger partial charge on any atom is 0.325 e. The van der Waals surface area contributed by atoms with Crippen molar-refractivity contribution in [2.24, 2.45) is 5.92 Å². The van der Waals surface area contributed by atoms with E-state index in [-0.39, 0.29) is 17.7 Å². The van der Waals surface area contributed by atoms with Crippen LogP contribution in [0.15, 0.2) is 23.1 Å². The average molecular weight is 459 g/mol. The summed E-state index contributed by atoms with van der Waals surface area (Å²) in [7, 11) is 0. The highest BCUT2D eigenvalue weighted by Gasteiger charge is 2.28. The highest BCUT2D eigenvalue weighted by atomic mass is 35.5. The normalized spacial score (nSPS) is 16.1. The second-order valence-corrected chi connectivity index (χ2v) is 8.78. The van der Waals surface area contributed by atoms with Gasteiger partial charge in [0, 0.05) is 30.0 Å². The van der Waals surface area contributed by atoms with Crippen LogP contribution in [0.2, 0.25) is 10.0 Å². The molecule has 1 aliphatic heterocycles. The second-order valence-electron chi connectivity index (χ2n) is 6.72. The number of carbonyl (C=O) groups is 3. The van der Waals surface area contributed by atoms with E-state index in [1.807, 2.05) is 19.1 Å². The highest BCUT2D eigenvalue weighted by molar-refractivity contribution is 7.99. The van der Waals surface area contributed by atoms with Gasteiger partial charge in [-0.3, -0.25) is 14.4 Å². The molecule has 2 amide bonds. The average Bonchev–Trinajstić information content (AvgIpc) is 2.70. The Morgan fingerprint density at radius 2 is 1.93 bits per heavy atom. The van der Waals surface area contributed by atoms with Crippen LogP contribution in [-0.2, 0) is 14.4 Å². The van der Waals surface area contributed by atoms with Gasteiger partial charge in [0.15, 0.2) is 0 Å². The largest absolute Gasteiger partial charge is 0.480 e. The molecule has 0 spiro atoms. The van der Waals surface area contributed by atoms with Crippen LogP contribution in [0.1, 0.15) is 32.3 Å². The molecule has 0 unspecified atom stereocenters. The molecule has 1 heterocycles. The van der Waals surface area contributed by atoms with Gasteiger partial charge in [-0.15, -0.1) is 11.8 Å². The zero-order chi connectivity index (χ0) is 21.6. The lowest BCUT2D eigenvalue weighted by Crippen LogP contribution is -2.46. The number of amides is 2. The van der Waals surface area contributed by atoms with Crippen molar-refractivity contribution in [1.82, 2.24) is 10.2 Å². The molecule has 0 saturated carbocycles. The summed E-state index contributed by atoms with van der Waals surface area (Å²) in [5.74, 6) is -0.929. The van der Waals surface area contributed by atoms with Gasteiger partial charge in [-0.1, -0.05) is 36.2 Å². The fourth-order valence-corrected chi connectivity index (χ4v) is 4.29. The first-order valence-corrected chi connectivity index (χ1v) is 11.1.